The van der Waals surface area contributed by atoms with Crippen molar-refractivity contribution in [3.05, 3.63) is 59.1 Å². The number of hydrogen-bond acceptors (Lipinski definition) is 3. The van der Waals surface area contributed by atoms with E-state index in [0.717, 1.165) is 17.1 Å². The highest BCUT2D eigenvalue weighted by atomic mass is 35.5. The second-order valence-corrected chi connectivity index (χ2v) is 4.57. The molecule has 102 valence electrons. The van der Waals surface area contributed by atoms with Gasteiger partial charge in [-0.25, -0.2) is 0 Å². The van der Waals surface area contributed by atoms with Crippen molar-refractivity contribution in [3.8, 4) is 17.6 Å². The molecule has 0 heterocycles. The summed E-state index contributed by atoms with van der Waals surface area (Å²) >= 11 is 5.86. The summed E-state index contributed by atoms with van der Waals surface area (Å²) in [4.78, 5) is 0. The van der Waals surface area contributed by atoms with Gasteiger partial charge in [0.2, 0.25) is 0 Å². The molecule has 0 bridgehead atoms. The lowest BCUT2D eigenvalue weighted by atomic mass is 10.2. The van der Waals surface area contributed by atoms with Crippen molar-refractivity contribution in [1.82, 2.24) is 0 Å². The molecule has 20 heavy (non-hydrogen) atoms. The summed E-state index contributed by atoms with van der Waals surface area (Å²) in [5, 5.41) is 9.23. The molecule has 0 N–H and O–H groups in total. The summed E-state index contributed by atoms with van der Waals surface area (Å²) in [6.45, 7) is 0.893. The molecule has 2 rings (SSSR count). The Balaban J connectivity index is 1.74. The van der Waals surface area contributed by atoms with Gasteiger partial charge < -0.3 is 9.47 Å². The smallest absolute Gasteiger partial charge is 0.122 e. The molecule has 0 aliphatic rings. The molecule has 0 spiro atoms. The molecule has 0 unspecified atom stereocenters. The molecule has 0 atom stereocenters. The summed E-state index contributed by atoms with van der Waals surface area (Å²) in [5.41, 5.74) is 0.982. The highest BCUT2D eigenvalue weighted by molar-refractivity contribution is 6.30. The fraction of sp³-hybridized carbons (Fsp3) is 0.188. The molecule has 2 aromatic carbocycles. The Morgan fingerprint density at radius 2 is 1.65 bits per heavy atom. The van der Waals surface area contributed by atoms with Gasteiger partial charge in [-0.1, -0.05) is 29.8 Å². The lowest BCUT2D eigenvalue weighted by Gasteiger charge is -2.08. The molecule has 0 aliphatic carbocycles. The standard InChI is InChI=1S/C16H14ClNO2/c17-14-2-1-3-16(12-14)20-11-10-19-15-6-4-13(5-7-15)8-9-18/h1-7,12H,8,10-11H2. The number of halogens is 1. The lowest BCUT2D eigenvalue weighted by molar-refractivity contribution is 0.217. The van der Waals surface area contributed by atoms with E-state index in [2.05, 4.69) is 6.07 Å². The van der Waals surface area contributed by atoms with E-state index >= 15 is 0 Å². The van der Waals surface area contributed by atoms with Crippen LogP contribution in [-0.2, 0) is 6.42 Å². The van der Waals surface area contributed by atoms with Crippen LogP contribution in [0.1, 0.15) is 5.56 Å². The maximum atomic E-state index is 8.58. The third-order valence-corrected chi connectivity index (χ3v) is 2.86. The monoisotopic (exact) mass is 287 g/mol. The van der Waals surface area contributed by atoms with Crippen LogP contribution in [-0.4, -0.2) is 13.2 Å². The summed E-state index contributed by atoms with van der Waals surface area (Å²) in [7, 11) is 0. The predicted octanol–water partition coefficient (Wildman–Crippen LogP) is 3.86. The molecule has 0 saturated carbocycles. The number of nitriles is 1. The van der Waals surface area contributed by atoms with Crippen molar-refractivity contribution in [1.29, 1.82) is 5.26 Å². The third-order valence-electron chi connectivity index (χ3n) is 2.62. The van der Waals surface area contributed by atoms with Gasteiger partial charge >= 0.3 is 0 Å². The van der Waals surface area contributed by atoms with Crippen LogP contribution in [0.2, 0.25) is 5.02 Å². The van der Waals surface area contributed by atoms with E-state index in [0.29, 0.717) is 24.7 Å². The zero-order valence-corrected chi connectivity index (χ0v) is 11.6. The Kier molecular flexibility index (Phi) is 5.28. The van der Waals surface area contributed by atoms with E-state index in [1.54, 1.807) is 12.1 Å². The van der Waals surface area contributed by atoms with Crippen molar-refractivity contribution in [2.24, 2.45) is 0 Å². The molecule has 0 saturated heterocycles. The SMILES string of the molecule is N#CCc1ccc(OCCOc2cccc(Cl)c2)cc1. The first-order chi connectivity index (χ1) is 9.78. The first-order valence-corrected chi connectivity index (χ1v) is 6.63. The van der Waals surface area contributed by atoms with Gasteiger partial charge in [-0.3, -0.25) is 0 Å². The second-order valence-electron chi connectivity index (χ2n) is 4.13. The first kappa shape index (κ1) is 14.2. The van der Waals surface area contributed by atoms with Gasteiger partial charge in [0, 0.05) is 5.02 Å². The molecule has 3 nitrogen and oxygen atoms in total. The third kappa shape index (κ3) is 4.49. The number of hydrogen-bond donors (Lipinski definition) is 0. The Morgan fingerprint density at radius 1 is 0.950 bits per heavy atom. The van der Waals surface area contributed by atoms with E-state index in [9.17, 15) is 0 Å². The van der Waals surface area contributed by atoms with Crippen LogP contribution in [0.15, 0.2) is 48.5 Å². The molecule has 2 aromatic rings. The average molecular weight is 288 g/mol. The van der Waals surface area contributed by atoms with Crippen LogP contribution >= 0.6 is 11.6 Å². The van der Waals surface area contributed by atoms with Gasteiger partial charge in [0.1, 0.15) is 24.7 Å². The maximum absolute atomic E-state index is 8.58. The Morgan fingerprint density at radius 3 is 2.30 bits per heavy atom. The van der Waals surface area contributed by atoms with Gasteiger partial charge in [-0.15, -0.1) is 0 Å². The number of benzene rings is 2. The van der Waals surface area contributed by atoms with Gasteiger partial charge in [-0.05, 0) is 35.9 Å². The normalized spacial score (nSPS) is 9.80. The zero-order valence-electron chi connectivity index (χ0n) is 10.9. The summed E-state index contributed by atoms with van der Waals surface area (Å²) < 4.78 is 11.1. The molecule has 0 radical (unpaired) electrons. The highest BCUT2D eigenvalue weighted by Gasteiger charge is 1.97. The maximum Gasteiger partial charge on any atom is 0.122 e. The predicted molar refractivity (Wildman–Crippen MR) is 78.2 cm³/mol. The van der Waals surface area contributed by atoms with E-state index < -0.39 is 0 Å². The number of nitrogens with zero attached hydrogens (tertiary/aromatic N) is 1. The fourth-order valence-corrected chi connectivity index (χ4v) is 1.85. The Bertz CT molecular complexity index is 590. The van der Waals surface area contributed by atoms with Crippen LogP contribution < -0.4 is 9.47 Å². The minimum absolute atomic E-state index is 0.415. The van der Waals surface area contributed by atoms with Crippen LogP contribution in [0.3, 0.4) is 0 Å². The first-order valence-electron chi connectivity index (χ1n) is 6.25. The van der Waals surface area contributed by atoms with E-state index in [-0.39, 0.29) is 0 Å². The van der Waals surface area contributed by atoms with Crippen LogP contribution in [0, 0.1) is 11.3 Å². The number of ether oxygens (including phenoxy) is 2. The topological polar surface area (TPSA) is 42.2 Å². The lowest BCUT2D eigenvalue weighted by Crippen LogP contribution is -2.08. The van der Waals surface area contributed by atoms with E-state index in [4.69, 9.17) is 26.3 Å². The van der Waals surface area contributed by atoms with Gasteiger partial charge in [-0.2, -0.15) is 5.26 Å². The zero-order chi connectivity index (χ0) is 14.2. The van der Waals surface area contributed by atoms with Crippen LogP contribution in [0.5, 0.6) is 11.5 Å². The largest absolute Gasteiger partial charge is 0.490 e. The van der Waals surface area contributed by atoms with Crippen LogP contribution in [0.25, 0.3) is 0 Å². The quantitative estimate of drug-likeness (QED) is 0.758. The van der Waals surface area contributed by atoms with Gasteiger partial charge in [0.15, 0.2) is 0 Å². The second kappa shape index (κ2) is 7.42. The average Bonchev–Trinajstić information content (AvgIpc) is 2.46. The Hall–Kier alpha value is -2.18. The fourth-order valence-electron chi connectivity index (χ4n) is 1.67. The van der Waals surface area contributed by atoms with Crippen molar-refractivity contribution in [2.45, 2.75) is 6.42 Å². The summed E-state index contributed by atoms with van der Waals surface area (Å²) in [5.74, 6) is 1.49. The molecule has 4 heteroatoms. The molecular formula is C16H14ClNO2. The molecule has 0 fully saturated rings. The minimum Gasteiger partial charge on any atom is -0.490 e. The molecular weight excluding hydrogens is 274 g/mol. The van der Waals surface area contributed by atoms with Gasteiger partial charge in [0.25, 0.3) is 0 Å². The van der Waals surface area contributed by atoms with E-state index in [1.165, 1.54) is 0 Å². The van der Waals surface area contributed by atoms with Crippen LogP contribution in [0.4, 0.5) is 0 Å². The molecule has 0 aliphatic heterocycles. The Labute approximate surface area is 123 Å². The van der Waals surface area contributed by atoms with Crippen molar-refractivity contribution < 1.29 is 9.47 Å². The molecule has 0 aromatic heterocycles. The van der Waals surface area contributed by atoms with Gasteiger partial charge in [0.05, 0.1) is 12.5 Å². The highest BCUT2D eigenvalue weighted by Crippen LogP contribution is 2.17. The van der Waals surface area contributed by atoms with Crippen molar-refractivity contribution in [3.63, 3.8) is 0 Å². The molecule has 0 amide bonds. The van der Waals surface area contributed by atoms with Crippen molar-refractivity contribution in [2.75, 3.05) is 13.2 Å². The minimum atomic E-state index is 0.415. The van der Waals surface area contributed by atoms with E-state index in [1.807, 2.05) is 36.4 Å². The summed E-state index contributed by atoms with van der Waals surface area (Å²) in [6.07, 6.45) is 0.415. The summed E-state index contributed by atoms with van der Waals surface area (Å²) in [6, 6.07) is 16.8. The van der Waals surface area contributed by atoms with Crippen molar-refractivity contribution >= 4 is 11.6 Å². The number of rotatable bonds is 6.